The molecule has 1 aliphatic heterocycles. The van der Waals surface area contributed by atoms with Crippen molar-refractivity contribution in [1.82, 2.24) is 9.29 Å². The summed E-state index contributed by atoms with van der Waals surface area (Å²) in [6, 6.07) is 2.06. The molecule has 1 aliphatic rings. The highest BCUT2D eigenvalue weighted by Crippen LogP contribution is 2.28. The average Bonchev–Trinajstić information content (AvgIpc) is 2.88. The van der Waals surface area contributed by atoms with Crippen LogP contribution in [0.25, 0.3) is 0 Å². The third kappa shape index (κ3) is 3.03. The van der Waals surface area contributed by atoms with Gasteiger partial charge in [-0.1, -0.05) is 18.5 Å². The number of carboxylic acid groups (broad SMARTS) is 1. The molecule has 2 heterocycles. The van der Waals surface area contributed by atoms with Crippen molar-refractivity contribution in [3.63, 3.8) is 0 Å². The molecule has 0 aromatic carbocycles. The van der Waals surface area contributed by atoms with Crippen LogP contribution in [-0.2, 0) is 19.6 Å². The highest BCUT2D eigenvalue weighted by atomic mass is 35.5. The molecule has 0 aliphatic carbocycles. The highest BCUT2D eigenvalue weighted by molar-refractivity contribution is 7.89. The molecule has 0 spiro atoms. The molecule has 9 heteroatoms. The van der Waals surface area contributed by atoms with Gasteiger partial charge in [0.2, 0.25) is 10.0 Å². The Morgan fingerprint density at radius 3 is 2.86 bits per heavy atom. The molecule has 0 saturated carbocycles. The summed E-state index contributed by atoms with van der Waals surface area (Å²) in [5.74, 6) is -1.97. The van der Waals surface area contributed by atoms with E-state index >= 15 is 0 Å². The normalized spacial score (nSPS) is 22.6. The summed E-state index contributed by atoms with van der Waals surface area (Å²) in [4.78, 5) is 14.8. The standard InChI is InChI=1S/C12H15ClN2O5S/c1-2-15(9-7-20-6-8(9)12(16)17)21(18,19)10-4-3-5-14-11(10)13/h3-5,8-9H,2,6-7H2,1H3,(H,16,17). The summed E-state index contributed by atoms with van der Waals surface area (Å²) in [5, 5.41) is 9.04. The quantitative estimate of drug-likeness (QED) is 0.802. The Bertz CT molecular complexity index is 636. The van der Waals surface area contributed by atoms with Crippen molar-refractivity contribution in [2.24, 2.45) is 5.92 Å². The monoisotopic (exact) mass is 334 g/mol. The average molecular weight is 335 g/mol. The first-order valence-corrected chi connectivity index (χ1v) is 8.14. The number of aliphatic carboxylic acids is 1. The molecule has 1 aromatic rings. The molecular formula is C12H15ClN2O5S. The van der Waals surface area contributed by atoms with Crippen LogP contribution in [0.4, 0.5) is 0 Å². The van der Waals surface area contributed by atoms with E-state index in [2.05, 4.69) is 4.98 Å². The zero-order valence-corrected chi connectivity index (χ0v) is 12.8. The van der Waals surface area contributed by atoms with Crippen LogP contribution < -0.4 is 0 Å². The summed E-state index contributed by atoms with van der Waals surface area (Å²) in [7, 11) is -3.94. The first kappa shape index (κ1) is 16.2. The van der Waals surface area contributed by atoms with Gasteiger partial charge in [-0.05, 0) is 12.1 Å². The van der Waals surface area contributed by atoms with Crippen molar-refractivity contribution in [2.45, 2.75) is 17.9 Å². The van der Waals surface area contributed by atoms with E-state index in [4.69, 9.17) is 16.3 Å². The zero-order valence-electron chi connectivity index (χ0n) is 11.3. The summed E-state index contributed by atoms with van der Waals surface area (Å²) in [6.07, 6.45) is 1.39. The summed E-state index contributed by atoms with van der Waals surface area (Å²) < 4.78 is 31.6. The van der Waals surface area contributed by atoms with Crippen LogP contribution in [0.5, 0.6) is 0 Å². The molecule has 1 aromatic heterocycles. The van der Waals surface area contributed by atoms with Crippen LogP contribution in [0, 0.1) is 5.92 Å². The number of nitrogens with zero attached hydrogens (tertiary/aromatic N) is 2. The van der Waals surface area contributed by atoms with Gasteiger partial charge in [0.05, 0.1) is 25.2 Å². The number of carbonyl (C=O) groups is 1. The first-order chi connectivity index (χ1) is 9.89. The molecule has 21 heavy (non-hydrogen) atoms. The van der Waals surface area contributed by atoms with E-state index in [-0.39, 0.29) is 29.8 Å². The van der Waals surface area contributed by atoms with Gasteiger partial charge in [-0.3, -0.25) is 4.79 Å². The van der Waals surface area contributed by atoms with Gasteiger partial charge < -0.3 is 9.84 Å². The highest BCUT2D eigenvalue weighted by Gasteiger charge is 2.43. The number of sulfonamides is 1. The predicted octanol–water partition coefficient (Wildman–Crippen LogP) is 0.845. The number of likely N-dealkylation sites (N-methyl/N-ethyl adjacent to an activating group) is 1. The lowest BCUT2D eigenvalue weighted by Crippen LogP contribution is -2.46. The number of halogens is 1. The molecule has 0 bridgehead atoms. The molecule has 0 radical (unpaired) electrons. The Balaban J connectivity index is 2.41. The summed E-state index contributed by atoms with van der Waals surface area (Å²) in [6.45, 7) is 1.79. The van der Waals surface area contributed by atoms with Crippen LogP contribution in [0.3, 0.4) is 0 Å². The first-order valence-electron chi connectivity index (χ1n) is 6.32. The van der Waals surface area contributed by atoms with E-state index in [9.17, 15) is 18.3 Å². The van der Waals surface area contributed by atoms with Crippen LogP contribution in [0.15, 0.2) is 23.2 Å². The molecule has 1 saturated heterocycles. The van der Waals surface area contributed by atoms with Crippen molar-refractivity contribution in [3.05, 3.63) is 23.5 Å². The Labute approximate surface area is 127 Å². The van der Waals surface area contributed by atoms with E-state index in [1.807, 2.05) is 0 Å². The Hall–Kier alpha value is -1.22. The number of hydrogen-bond acceptors (Lipinski definition) is 5. The summed E-state index contributed by atoms with van der Waals surface area (Å²) >= 11 is 5.85. The topological polar surface area (TPSA) is 96.8 Å². The number of pyridine rings is 1. The van der Waals surface area contributed by atoms with Crippen LogP contribution in [0.1, 0.15) is 6.92 Å². The van der Waals surface area contributed by atoms with Crippen LogP contribution in [0.2, 0.25) is 5.15 Å². The van der Waals surface area contributed by atoms with Gasteiger partial charge in [-0.2, -0.15) is 4.31 Å². The number of ether oxygens (including phenoxy) is 1. The molecular weight excluding hydrogens is 320 g/mol. The number of aromatic nitrogens is 1. The molecule has 2 unspecified atom stereocenters. The number of carboxylic acids is 1. The van der Waals surface area contributed by atoms with E-state index < -0.39 is 28.0 Å². The van der Waals surface area contributed by atoms with E-state index in [1.54, 1.807) is 6.92 Å². The smallest absolute Gasteiger partial charge is 0.310 e. The molecule has 1 fully saturated rings. The lowest BCUT2D eigenvalue weighted by molar-refractivity contribution is -0.142. The second-order valence-corrected chi connectivity index (χ2v) is 6.77. The van der Waals surface area contributed by atoms with E-state index in [0.29, 0.717) is 0 Å². The maximum atomic E-state index is 12.7. The lowest BCUT2D eigenvalue weighted by atomic mass is 10.0. The number of hydrogen-bond donors (Lipinski definition) is 1. The van der Waals surface area contributed by atoms with E-state index in [1.165, 1.54) is 18.3 Å². The Morgan fingerprint density at radius 2 is 2.29 bits per heavy atom. The maximum absolute atomic E-state index is 12.7. The van der Waals surface area contributed by atoms with Gasteiger partial charge >= 0.3 is 5.97 Å². The maximum Gasteiger partial charge on any atom is 0.310 e. The molecule has 116 valence electrons. The summed E-state index contributed by atoms with van der Waals surface area (Å²) in [5.41, 5.74) is 0. The van der Waals surface area contributed by atoms with Gasteiger partial charge in [0.25, 0.3) is 0 Å². The minimum Gasteiger partial charge on any atom is -0.481 e. The van der Waals surface area contributed by atoms with Gasteiger partial charge in [0.1, 0.15) is 10.0 Å². The third-order valence-electron chi connectivity index (χ3n) is 3.36. The van der Waals surface area contributed by atoms with Crippen molar-refractivity contribution in [3.8, 4) is 0 Å². The Morgan fingerprint density at radius 1 is 1.57 bits per heavy atom. The number of rotatable bonds is 5. The third-order valence-corrected chi connectivity index (χ3v) is 5.81. The molecule has 2 rings (SSSR count). The van der Waals surface area contributed by atoms with Crippen molar-refractivity contribution in [2.75, 3.05) is 19.8 Å². The molecule has 0 amide bonds. The second-order valence-electron chi connectivity index (χ2n) is 4.55. The minimum absolute atomic E-state index is 0.00715. The largest absolute Gasteiger partial charge is 0.481 e. The minimum atomic E-state index is -3.94. The molecule has 2 atom stereocenters. The van der Waals surface area contributed by atoms with Crippen molar-refractivity contribution in [1.29, 1.82) is 0 Å². The van der Waals surface area contributed by atoms with E-state index in [0.717, 1.165) is 4.31 Å². The van der Waals surface area contributed by atoms with Crippen molar-refractivity contribution >= 4 is 27.6 Å². The fourth-order valence-electron chi connectivity index (χ4n) is 2.34. The SMILES string of the molecule is CCN(C1COCC1C(=O)O)S(=O)(=O)c1cccnc1Cl. The predicted molar refractivity (Wildman–Crippen MR) is 74.5 cm³/mol. The van der Waals surface area contributed by atoms with Gasteiger partial charge in [-0.15, -0.1) is 0 Å². The fourth-order valence-corrected chi connectivity index (χ4v) is 4.42. The zero-order chi connectivity index (χ0) is 15.6. The molecule has 7 nitrogen and oxygen atoms in total. The van der Waals surface area contributed by atoms with Crippen LogP contribution in [-0.4, -0.2) is 54.6 Å². The van der Waals surface area contributed by atoms with Gasteiger partial charge in [0, 0.05) is 12.7 Å². The van der Waals surface area contributed by atoms with Crippen molar-refractivity contribution < 1.29 is 23.1 Å². The Kier molecular flexibility index (Phi) is 4.82. The molecule has 1 N–H and O–H groups in total. The van der Waals surface area contributed by atoms with Gasteiger partial charge in [-0.25, -0.2) is 13.4 Å². The lowest BCUT2D eigenvalue weighted by Gasteiger charge is -2.28. The fraction of sp³-hybridized carbons (Fsp3) is 0.500. The van der Waals surface area contributed by atoms with Crippen LogP contribution >= 0.6 is 11.6 Å². The van der Waals surface area contributed by atoms with Gasteiger partial charge in [0.15, 0.2) is 0 Å². The second kappa shape index (κ2) is 6.27.